The fraction of sp³-hybridized carbons (Fsp3) is 0.406. The number of imidazole rings is 1. The third-order valence-corrected chi connectivity index (χ3v) is 8.98. The zero-order valence-electron chi connectivity index (χ0n) is 23.1. The topological polar surface area (TPSA) is 78.8 Å². The number of alkyl halides is 1. The summed E-state index contributed by atoms with van der Waals surface area (Å²) in [5.41, 5.74) is 4.11. The molecule has 2 fully saturated rings. The van der Waals surface area contributed by atoms with Crippen molar-refractivity contribution in [2.75, 3.05) is 7.05 Å². The first-order valence-corrected chi connectivity index (χ1v) is 14.3. The van der Waals surface area contributed by atoms with Gasteiger partial charge in [-0.1, -0.05) is 17.9 Å². The average molecular weight is 555 g/mol. The lowest BCUT2D eigenvalue weighted by molar-refractivity contribution is 0.0936. The van der Waals surface area contributed by atoms with Gasteiger partial charge < -0.3 is 19.8 Å². The number of amides is 1. The minimum absolute atomic E-state index is 0.206. The number of hydrogen-bond acceptors (Lipinski definition) is 4. The number of carbonyl (C=O) groups is 1. The first-order chi connectivity index (χ1) is 19.8. The van der Waals surface area contributed by atoms with Crippen molar-refractivity contribution in [2.24, 2.45) is 5.92 Å². The normalized spacial score (nSPS) is 24.2. The van der Waals surface area contributed by atoms with Gasteiger partial charge in [-0.05, 0) is 70.0 Å². The van der Waals surface area contributed by atoms with E-state index in [9.17, 15) is 13.6 Å². The largest absolute Gasteiger partial charge is 0.356 e. The number of nitrogens with one attached hydrogen (secondary N) is 2. The SMILES string of the molecule is Cc1cc(C#CC2C[C@H]3CC[C@@H](C2)N3C)cc(C(=O)NC(c2cc3c(F)cccc3[nH]2)c2ncn3c2C[C@@H](F)C3)n1. The molecule has 1 amide bonds. The highest BCUT2D eigenvalue weighted by molar-refractivity contribution is 5.93. The van der Waals surface area contributed by atoms with Crippen molar-refractivity contribution in [3.63, 3.8) is 0 Å². The summed E-state index contributed by atoms with van der Waals surface area (Å²) in [6.07, 6.45) is 5.44. The monoisotopic (exact) mass is 554 g/mol. The molecule has 0 saturated carbocycles. The number of aromatic nitrogens is 4. The highest BCUT2D eigenvalue weighted by Gasteiger charge is 2.37. The summed E-state index contributed by atoms with van der Waals surface area (Å²) in [5.74, 6) is 6.36. The second kappa shape index (κ2) is 10.1. The van der Waals surface area contributed by atoms with Gasteiger partial charge in [-0.3, -0.25) is 4.79 Å². The van der Waals surface area contributed by atoms with Crippen molar-refractivity contribution in [3.05, 3.63) is 82.6 Å². The number of aryl methyl sites for hydroxylation is 1. The molecule has 2 bridgehead atoms. The van der Waals surface area contributed by atoms with Crippen LogP contribution < -0.4 is 5.32 Å². The molecule has 0 spiro atoms. The Hall–Kier alpha value is -4.03. The molecule has 3 aromatic heterocycles. The van der Waals surface area contributed by atoms with Gasteiger partial charge in [-0.25, -0.2) is 18.7 Å². The first kappa shape index (κ1) is 25.9. The van der Waals surface area contributed by atoms with Gasteiger partial charge in [0.1, 0.15) is 23.7 Å². The Labute approximate surface area is 237 Å². The third kappa shape index (κ3) is 4.80. The van der Waals surface area contributed by atoms with Crippen molar-refractivity contribution >= 4 is 16.8 Å². The van der Waals surface area contributed by atoms with Crippen LogP contribution in [0, 0.1) is 30.5 Å². The summed E-state index contributed by atoms with van der Waals surface area (Å²) in [7, 11) is 2.22. The van der Waals surface area contributed by atoms with Gasteiger partial charge in [0.15, 0.2) is 0 Å². The maximum Gasteiger partial charge on any atom is 0.270 e. The molecule has 3 aliphatic heterocycles. The molecule has 41 heavy (non-hydrogen) atoms. The van der Waals surface area contributed by atoms with Crippen molar-refractivity contribution in [2.45, 2.75) is 69.9 Å². The predicted molar refractivity (Wildman–Crippen MR) is 152 cm³/mol. The Bertz CT molecular complexity index is 1700. The van der Waals surface area contributed by atoms with E-state index in [4.69, 9.17) is 0 Å². The van der Waals surface area contributed by atoms with Crippen molar-refractivity contribution in [1.29, 1.82) is 0 Å². The third-order valence-electron chi connectivity index (χ3n) is 8.98. The molecule has 4 aromatic rings. The van der Waals surface area contributed by atoms with Gasteiger partial charge in [0, 0.05) is 58.0 Å². The van der Waals surface area contributed by atoms with Crippen LogP contribution in [0.4, 0.5) is 8.78 Å². The fourth-order valence-electron chi connectivity index (χ4n) is 6.90. The molecule has 6 heterocycles. The highest BCUT2D eigenvalue weighted by atomic mass is 19.1. The van der Waals surface area contributed by atoms with Crippen LogP contribution >= 0.6 is 0 Å². The maximum absolute atomic E-state index is 14.6. The Morgan fingerprint density at radius 2 is 2.00 bits per heavy atom. The van der Waals surface area contributed by atoms with E-state index in [2.05, 4.69) is 44.1 Å². The quantitative estimate of drug-likeness (QED) is 0.354. The fourth-order valence-corrected chi connectivity index (χ4v) is 6.90. The minimum Gasteiger partial charge on any atom is -0.356 e. The smallest absolute Gasteiger partial charge is 0.270 e. The van der Waals surface area contributed by atoms with Crippen LogP contribution in [0.15, 0.2) is 42.7 Å². The van der Waals surface area contributed by atoms with Crippen LogP contribution in [0.3, 0.4) is 0 Å². The molecule has 5 atom stereocenters. The van der Waals surface area contributed by atoms with Crippen LogP contribution in [0.1, 0.15) is 70.6 Å². The Morgan fingerprint density at radius 1 is 1.20 bits per heavy atom. The van der Waals surface area contributed by atoms with E-state index in [1.165, 1.54) is 18.9 Å². The molecule has 7 nitrogen and oxygen atoms in total. The predicted octanol–water partition coefficient (Wildman–Crippen LogP) is 4.84. The van der Waals surface area contributed by atoms with Gasteiger partial charge in [0.2, 0.25) is 0 Å². The number of hydrogen-bond donors (Lipinski definition) is 2. The van der Waals surface area contributed by atoms with E-state index < -0.39 is 18.1 Å². The highest BCUT2D eigenvalue weighted by Crippen LogP contribution is 2.37. The molecular formula is C32H32F2N6O. The lowest BCUT2D eigenvalue weighted by atomic mass is 9.91. The number of rotatable bonds is 4. The van der Waals surface area contributed by atoms with Crippen LogP contribution in [-0.2, 0) is 13.0 Å². The number of pyridine rings is 1. The standard InChI is InChI=1S/C32H32F2N6O/c1-18-10-19(6-7-20-11-22-8-9-23(12-20)39(22)2)13-28(36-18)32(41)38-30(31-29-14-21(33)16-40(29)17-35-31)27-15-24-25(34)4-3-5-26(24)37-27/h3-5,10,13,15,17,20-23,30,37H,8-9,11-12,14,16H2,1-2H3,(H,38,41)/t20?,21-,22-,23+,30?/m1/s1. The number of nitrogens with zero attached hydrogens (tertiary/aromatic N) is 4. The molecular weight excluding hydrogens is 522 g/mol. The van der Waals surface area contributed by atoms with E-state index in [1.54, 1.807) is 35.2 Å². The van der Waals surface area contributed by atoms with Crippen LogP contribution in [0.5, 0.6) is 0 Å². The van der Waals surface area contributed by atoms with E-state index in [1.807, 2.05) is 13.0 Å². The van der Waals surface area contributed by atoms with E-state index in [0.717, 1.165) is 24.1 Å². The molecule has 9 heteroatoms. The zero-order chi connectivity index (χ0) is 28.2. The Kier molecular flexibility index (Phi) is 6.39. The molecule has 2 N–H and O–H groups in total. The van der Waals surface area contributed by atoms with Crippen LogP contribution in [-0.4, -0.2) is 55.6 Å². The summed E-state index contributed by atoms with van der Waals surface area (Å²) in [4.78, 5) is 28.5. The van der Waals surface area contributed by atoms with E-state index in [0.29, 0.717) is 46.0 Å². The zero-order valence-corrected chi connectivity index (χ0v) is 23.1. The number of benzene rings is 1. The molecule has 7 rings (SSSR count). The van der Waals surface area contributed by atoms with Gasteiger partial charge in [-0.2, -0.15) is 0 Å². The lowest BCUT2D eigenvalue weighted by Gasteiger charge is -2.34. The molecule has 2 unspecified atom stereocenters. The Morgan fingerprint density at radius 3 is 2.78 bits per heavy atom. The summed E-state index contributed by atoms with van der Waals surface area (Å²) < 4.78 is 30.6. The van der Waals surface area contributed by atoms with E-state index >= 15 is 0 Å². The molecule has 210 valence electrons. The summed E-state index contributed by atoms with van der Waals surface area (Å²) in [5, 5.41) is 3.47. The number of piperidine rings is 1. The minimum atomic E-state index is -1.01. The van der Waals surface area contributed by atoms with E-state index in [-0.39, 0.29) is 24.5 Å². The number of halogens is 2. The Balaban J connectivity index is 1.19. The first-order valence-electron chi connectivity index (χ1n) is 14.3. The molecule has 2 saturated heterocycles. The summed E-state index contributed by atoms with van der Waals surface area (Å²) in [6, 6.07) is 10.6. The van der Waals surface area contributed by atoms with Crippen molar-refractivity contribution in [3.8, 4) is 11.8 Å². The molecule has 0 radical (unpaired) electrons. The van der Waals surface area contributed by atoms with Crippen LogP contribution in [0.2, 0.25) is 0 Å². The van der Waals surface area contributed by atoms with Gasteiger partial charge >= 0.3 is 0 Å². The van der Waals surface area contributed by atoms with Gasteiger partial charge in [0.25, 0.3) is 5.91 Å². The van der Waals surface area contributed by atoms with Crippen molar-refractivity contribution in [1.82, 2.24) is 29.7 Å². The number of carbonyl (C=O) groups excluding carboxylic acids is 1. The second-order valence-electron chi connectivity index (χ2n) is 11.7. The maximum atomic E-state index is 14.6. The number of H-pyrrole nitrogens is 1. The summed E-state index contributed by atoms with van der Waals surface area (Å²) in [6.45, 7) is 2.07. The van der Waals surface area contributed by atoms with Crippen LogP contribution in [0.25, 0.3) is 10.9 Å². The molecule has 1 aromatic carbocycles. The molecule has 0 aliphatic carbocycles. The average Bonchev–Trinajstić information content (AvgIpc) is 3.68. The number of fused-ring (bicyclic) bond motifs is 4. The lowest BCUT2D eigenvalue weighted by Crippen LogP contribution is -2.39. The van der Waals surface area contributed by atoms with Gasteiger partial charge in [-0.15, -0.1) is 0 Å². The summed E-state index contributed by atoms with van der Waals surface area (Å²) >= 11 is 0. The van der Waals surface area contributed by atoms with Gasteiger partial charge in [0.05, 0.1) is 18.6 Å². The van der Waals surface area contributed by atoms with Crippen molar-refractivity contribution < 1.29 is 13.6 Å². The molecule has 3 aliphatic rings. The number of aromatic amines is 1. The second-order valence-corrected chi connectivity index (χ2v) is 11.7.